The van der Waals surface area contributed by atoms with Gasteiger partial charge in [0.05, 0.1) is 5.60 Å². The van der Waals surface area contributed by atoms with Crippen LogP contribution in [0.5, 0.6) is 0 Å². The van der Waals surface area contributed by atoms with E-state index < -0.39 is 5.60 Å². The lowest BCUT2D eigenvalue weighted by Crippen LogP contribution is -2.27. The van der Waals surface area contributed by atoms with Crippen LogP contribution < -0.4 is 0 Å². The van der Waals surface area contributed by atoms with E-state index in [0.717, 1.165) is 19.3 Å². The summed E-state index contributed by atoms with van der Waals surface area (Å²) in [4.78, 5) is 0. The minimum atomic E-state index is -0.535. The quantitative estimate of drug-likeness (QED) is 0.534. The van der Waals surface area contributed by atoms with Gasteiger partial charge >= 0.3 is 0 Å². The van der Waals surface area contributed by atoms with Gasteiger partial charge in [-0.05, 0) is 44.6 Å². The van der Waals surface area contributed by atoms with Gasteiger partial charge in [-0.25, -0.2) is 0 Å². The Hall–Kier alpha value is -0.300. The first-order valence-corrected chi connectivity index (χ1v) is 7.08. The second-order valence-electron chi connectivity index (χ2n) is 5.41. The molecule has 0 heterocycles. The molecule has 94 valence electrons. The Labute approximate surface area is 101 Å². The van der Waals surface area contributed by atoms with Gasteiger partial charge in [0, 0.05) is 0 Å². The minimum absolute atomic E-state index is 0.535. The SMILES string of the molecule is CCCCCC(C)(O)C1=CCCCCCC1. The lowest BCUT2D eigenvalue weighted by Gasteiger charge is -2.28. The normalized spacial score (nSPS) is 21.8. The van der Waals surface area contributed by atoms with Gasteiger partial charge in [0.15, 0.2) is 0 Å². The van der Waals surface area contributed by atoms with Crippen molar-refractivity contribution in [2.45, 2.75) is 83.7 Å². The van der Waals surface area contributed by atoms with E-state index in [-0.39, 0.29) is 0 Å². The molecule has 1 aliphatic carbocycles. The zero-order valence-corrected chi connectivity index (χ0v) is 11.1. The summed E-state index contributed by atoms with van der Waals surface area (Å²) in [6, 6.07) is 0. The number of hydrogen-bond donors (Lipinski definition) is 1. The molecule has 1 aliphatic rings. The molecule has 0 spiro atoms. The lowest BCUT2D eigenvalue weighted by atomic mass is 9.84. The maximum Gasteiger partial charge on any atom is 0.0828 e. The van der Waals surface area contributed by atoms with E-state index >= 15 is 0 Å². The van der Waals surface area contributed by atoms with Gasteiger partial charge in [-0.3, -0.25) is 0 Å². The van der Waals surface area contributed by atoms with E-state index in [0.29, 0.717) is 0 Å². The molecular weight excluding hydrogens is 196 g/mol. The number of unbranched alkanes of at least 4 members (excludes halogenated alkanes) is 2. The third-order valence-corrected chi connectivity index (χ3v) is 3.75. The number of aliphatic hydroxyl groups is 1. The largest absolute Gasteiger partial charge is 0.386 e. The Morgan fingerprint density at radius 2 is 1.94 bits per heavy atom. The van der Waals surface area contributed by atoms with Crippen LogP contribution in [-0.4, -0.2) is 10.7 Å². The van der Waals surface area contributed by atoms with Crippen molar-refractivity contribution in [3.8, 4) is 0 Å². The van der Waals surface area contributed by atoms with Crippen LogP contribution in [0.2, 0.25) is 0 Å². The van der Waals surface area contributed by atoms with E-state index in [1.54, 1.807) is 0 Å². The van der Waals surface area contributed by atoms with Crippen LogP contribution in [0, 0.1) is 0 Å². The Bertz CT molecular complexity index is 215. The third kappa shape index (κ3) is 4.69. The van der Waals surface area contributed by atoms with Crippen LogP contribution in [0.3, 0.4) is 0 Å². The molecule has 0 saturated heterocycles. The zero-order chi connectivity index (χ0) is 11.9. The Balaban J connectivity index is 2.49. The van der Waals surface area contributed by atoms with E-state index in [1.807, 2.05) is 6.92 Å². The van der Waals surface area contributed by atoms with E-state index in [9.17, 15) is 5.11 Å². The molecule has 0 fully saturated rings. The minimum Gasteiger partial charge on any atom is -0.386 e. The molecular formula is C15H28O. The Morgan fingerprint density at radius 1 is 1.19 bits per heavy atom. The van der Waals surface area contributed by atoms with Gasteiger partial charge in [0.25, 0.3) is 0 Å². The van der Waals surface area contributed by atoms with E-state index in [2.05, 4.69) is 13.0 Å². The van der Waals surface area contributed by atoms with Crippen molar-refractivity contribution in [1.82, 2.24) is 0 Å². The third-order valence-electron chi connectivity index (χ3n) is 3.75. The number of rotatable bonds is 5. The van der Waals surface area contributed by atoms with Gasteiger partial charge in [0.2, 0.25) is 0 Å². The highest BCUT2D eigenvalue weighted by Gasteiger charge is 2.24. The summed E-state index contributed by atoms with van der Waals surface area (Å²) in [5, 5.41) is 10.5. The molecule has 0 aromatic heterocycles. The summed E-state index contributed by atoms with van der Waals surface area (Å²) in [6.07, 6.45) is 14.4. The van der Waals surface area contributed by atoms with Crippen molar-refractivity contribution in [2.24, 2.45) is 0 Å². The summed E-state index contributed by atoms with van der Waals surface area (Å²) in [5.41, 5.74) is 0.773. The first-order valence-electron chi connectivity index (χ1n) is 7.08. The second-order valence-corrected chi connectivity index (χ2v) is 5.41. The fourth-order valence-electron chi connectivity index (χ4n) is 2.56. The highest BCUT2D eigenvalue weighted by atomic mass is 16.3. The van der Waals surface area contributed by atoms with Crippen LogP contribution in [0.4, 0.5) is 0 Å². The number of allylic oxidation sites excluding steroid dienone is 1. The fraction of sp³-hybridized carbons (Fsp3) is 0.867. The van der Waals surface area contributed by atoms with Crippen molar-refractivity contribution in [1.29, 1.82) is 0 Å². The summed E-state index contributed by atoms with van der Waals surface area (Å²) in [6.45, 7) is 4.22. The first-order chi connectivity index (χ1) is 7.67. The van der Waals surface area contributed by atoms with Crippen molar-refractivity contribution < 1.29 is 5.11 Å². The van der Waals surface area contributed by atoms with Gasteiger partial charge in [-0.1, -0.05) is 45.1 Å². The highest BCUT2D eigenvalue weighted by Crippen LogP contribution is 2.30. The molecule has 1 rings (SSSR count). The standard InChI is InChI=1S/C15H28O/c1-3-4-10-13-15(2,16)14-11-8-6-5-7-9-12-14/h11,16H,3-10,12-13H2,1-2H3. The molecule has 0 saturated carbocycles. The maximum atomic E-state index is 10.5. The predicted octanol–water partition coefficient (Wildman–Crippen LogP) is 4.60. The van der Waals surface area contributed by atoms with Gasteiger partial charge in [-0.2, -0.15) is 0 Å². The smallest absolute Gasteiger partial charge is 0.0828 e. The molecule has 1 unspecified atom stereocenters. The molecule has 1 heteroatoms. The molecule has 1 N–H and O–H groups in total. The van der Waals surface area contributed by atoms with Gasteiger partial charge < -0.3 is 5.11 Å². The van der Waals surface area contributed by atoms with Crippen molar-refractivity contribution in [2.75, 3.05) is 0 Å². The van der Waals surface area contributed by atoms with E-state index in [4.69, 9.17) is 0 Å². The summed E-state index contributed by atoms with van der Waals surface area (Å²) >= 11 is 0. The van der Waals surface area contributed by atoms with Crippen LogP contribution in [-0.2, 0) is 0 Å². The molecule has 1 nitrogen and oxygen atoms in total. The second kappa shape index (κ2) is 7.11. The predicted molar refractivity (Wildman–Crippen MR) is 70.6 cm³/mol. The van der Waals surface area contributed by atoms with Crippen LogP contribution in [0.25, 0.3) is 0 Å². The van der Waals surface area contributed by atoms with Crippen LogP contribution >= 0.6 is 0 Å². The molecule has 0 amide bonds. The van der Waals surface area contributed by atoms with Gasteiger partial charge in [0.1, 0.15) is 0 Å². The molecule has 16 heavy (non-hydrogen) atoms. The molecule has 0 bridgehead atoms. The first kappa shape index (κ1) is 13.8. The van der Waals surface area contributed by atoms with Crippen molar-refractivity contribution in [3.05, 3.63) is 11.6 Å². The number of hydrogen-bond acceptors (Lipinski definition) is 1. The zero-order valence-electron chi connectivity index (χ0n) is 11.1. The molecule has 1 atom stereocenters. The molecule has 0 aromatic rings. The summed E-state index contributed by atoms with van der Waals surface area (Å²) in [5.74, 6) is 0. The van der Waals surface area contributed by atoms with Crippen LogP contribution in [0.15, 0.2) is 11.6 Å². The Morgan fingerprint density at radius 3 is 2.69 bits per heavy atom. The van der Waals surface area contributed by atoms with Crippen molar-refractivity contribution >= 4 is 0 Å². The van der Waals surface area contributed by atoms with Crippen molar-refractivity contribution in [3.63, 3.8) is 0 Å². The lowest BCUT2D eigenvalue weighted by molar-refractivity contribution is 0.0812. The highest BCUT2D eigenvalue weighted by molar-refractivity contribution is 5.15. The molecule has 0 aliphatic heterocycles. The summed E-state index contributed by atoms with van der Waals surface area (Å²) in [7, 11) is 0. The fourth-order valence-corrected chi connectivity index (χ4v) is 2.56. The summed E-state index contributed by atoms with van der Waals surface area (Å²) < 4.78 is 0. The van der Waals surface area contributed by atoms with Crippen LogP contribution in [0.1, 0.15) is 78.1 Å². The van der Waals surface area contributed by atoms with E-state index in [1.165, 1.54) is 50.5 Å². The topological polar surface area (TPSA) is 20.2 Å². The average molecular weight is 224 g/mol. The molecule has 0 aromatic carbocycles. The maximum absolute atomic E-state index is 10.5. The monoisotopic (exact) mass is 224 g/mol. The average Bonchev–Trinajstić information content (AvgIpc) is 2.16. The van der Waals surface area contributed by atoms with Gasteiger partial charge in [-0.15, -0.1) is 0 Å². The molecule has 0 radical (unpaired) electrons. The Kier molecular flexibility index (Phi) is 6.12.